The molecule has 5 heteroatoms. The normalized spacial score (nSPS) is 16.8. The standard InChI is InChI=1S/C11H13ClFNO2.4C2H6/c1-11(2)15-6-8(16-11)3-7-4-9(13)10(12)14-5-7;4*1-2/h4-5,8H,3,6H2,1-2H3;4*1-2H3/t8-;;;;/m1..../s1. The highest BCUT2D eigenvalue weighted by molar-refractivity contribution is 6.29. The fourth-order valence-electron chi connectivity index (χ4n) is 1.70. The third-order valence-corrected chi connectivity index (χ3v) is 2.66. The maximum absolute atomic E-state index is 13.1. The van der Waals surface area contributed by atoms with Gasteiger partial charge in [-0.25, -0.2) is 9.37 Å². The van der Waals surface area contributed by atoms with E-state index in [0.717, 1.165) is 5.56 Å². The highest BCUT2D eigenvalue weighted by Gasteiger charge is 2.32. The zero-order valence-electron chi connectivity index (χ0n) is 17.2. The molecule has 1 aliphatic heterocycles. The second-order valence-electron chi connectivity index (χ2n) is 4.27. The van der Waals surface area contributed by atoms with Gasteiger partial charge in [0.1, 0.15) is 0 Å². The molecule has 0 aromatic carbocycles. The van der Waals surface area contributed by atoms with Gasteiger partial charge in [-0.1, -0.05) is 67.0 Å². The molecule has 0 saturated carbocycles. The van der Waals surface area contributed by atoms with E-state index in [4.69, 9.17) is 21.1 Å². The topological polar surface area (TPSA) is 31.4 Å². The molecule has 0 radical (unpaired) electrons. The van der Waals surface area contributed by atoms with Gasteiger partial charge in [0.05, 0.1) is 12.7 Å². The molecular weight excluding hydrogens is 329 g/mol. The second-order valence-corrected chi connectivity index (χ2v) is 4.63. The van der Waals surface area contributed by atoms with E-state index < -0.39 is 11.6 Å². The van der Waals surface area contributed by atoms with E-state index in [1.54, 1.807) is 6.20 Å². The first kappa shape index (κ1) is 28.1. The van der Waals surface area contributed by atoms with Crippen LogP contribution in [0.1, 0.15) is 74.8 Å². The van der Waals surface area contributed by atoms with E-state index in [1.165, 1.54) is 6.07 Å². The van der Waals surface area contributed by atoms with Crippen molar-refractivity contribution in [2.24, 2.45) is 0 Å². The molecule has 2 rings (SSSR count). The summed E-state index contributed by atoms with van der Waals surface area (Å²) < 4.78 is 24.2. The minimum Gasteiger partial charge on any atom is -0.348 e. The highest BCUT2D eigenvalue weighted by atomic mass is 35.5. The summed E-state index contributed by atoms with van der Waals surface area (Å²) in [6.45, 7) is 20.2. The monoisotopic (exact) mass is 365 g/mol. The first-order valence-electron chi connectivity index (χ1n) is 9.08. The van der Waals surface area contributed by atoms with E-state index in [-0.39, 0.29) is 11.3 Å². The van der Waals surface area contributed by atoms with Crippen molar-refractivity contribution in [3.05, 3.63) is 28.8 Å². The van der Waals surface area contributed by atoms with Gasteiger partial charge in [0.25, 0.3) is 0 Å². The molecule has 0 spiro atoms. The third-order valence-electron chi connectivity index (χ3n) is 2.38. The largest absolute Gasteiger partial charge is 0.348 e. The van der Waals surface area contributed by atoms with Gasteiger partial charge in [0, 0.05) is 12.6 Å². The minimum atomic E-state index is -0.553. The summed E-state index contributed by atoms with van der Waals surface area (Å²) in [5.41, 5.74) is 0.758. The summed E-state index contributed by atoms with van der Waals surface area (Å²) in [4.78, 5) is 3.75. The molecule has 24 heavy (non-hydrogen) atoms. The molecule has 1 atom stereocenters. The average molecular weight is 366 g/mol. The Hall–Kier alpha value is -0.710. The van der Waals surface area contributed by atoms with Crippen LogP contribution in [0, 0.1) is 5.82 Å². The SMILES string of the molecule is CC.CC.CC.CC.CC1(C)OC[C@@H](Cc2cnc(Cl)c(F)c2)O1. The van der Waals surface area contributed by atoms with Crippen LogP contribution in [0.3, 0.4) is 0 Å². The number of ether oxygens (including phenoxy) is 2. The van der Waals surface area contributed by atoms with Gasteiger partial charge in [-0.2, -0.15) is 0 Å². The molecule has 1 aliphatic rings. The van der Waals surface area contributed by atoms with Crippen molar-refractivity contribution in [2.45, 2.75) is 87.5 Å². The molecule has 2 heterocycles. The number of nitrogens with zero attached hydrogens (tertiary/aromatic N) is 1. The quantitative estimate of drug-likeness (QED) is 0.548. The van der Waals surface area contributed by atoms with Gasteiger partial charge < -0.3 is 9.47 Å². The van der Waals surface area contributed by atoms with Crippen LogP contribution in [-0.4, -0.2) is 23.5 Å². The van der Waals surface area contributed by atoms with Crippen molar-refractivity contribution in [3.8, 4) is 0 Å². The van der Waals surface area contributed by atoms with Gasteiger partial charge in [-0.3, -0.25) is 0 Å². The summed E-state index contributed by atoms with van der Waals surface area (Å²) in [5, 5.41) is -0.104. The molecule has 1 saturated heterocycles. The van der Waals surface area contributed by atoms with Crippen molar-refractivity contribution in [3.63, 3.8) is 0 Å². The molecule has 1 fully saturated rings. The minimum absolute atomic E-state index is 0.0580. The van der Waals surface area contributed by atoms with Crippen LogP contribution in [-0.2, 0) is 15.9 Å². The number of pyridine rings is 1. The second kappa shape index (κ2) is 17.1. The number of hydrogen-bond donors (Lipinski definition) is 0. The van der Waals surface area contributed by atoms with E-state index in [1.807, 2.05) is 69.2 Å². The van der Waals surface area contributed by atoms with Crippen LogP contribution in [0.25, 0.3) is 0 Å². The van der Waals surface area contributed by atoms with Crippen LogP contribution in [0.15, 0.2) is 12.3 Å². The highest BCUT2D eigenvalue weighted by Crippen LogP contribution is 2.25. The summed E-state index contributed by atoms with van der Waals surface area (Å²) >= 11 is 5.50. The smallest absolute Gasteiger partial charge is 0.164 e. The molecule has 0 amide bonds. The number of aromatic nitrogens is 1. The predicted octanol–water partition coefficient (Wildman–Crippen LogP) is 6.67. The molecule has 0 N–H and O–H groups in total. The number of rotatable bonds is 2. The maximum Gasteiger partial charge on any atom is 0.164 e. The lowest BCUT2D eigenvalue weighted by Crippen LogP contribution is -2.22. The molecule has 1 aromatic rings. The maximum atomic E-state index is 13.1. The summed E-state index contributed by atoms with van der Waals surface area (Å²) in [7, 11) is 0. The molecule has 3 nitrogen and oxygen atoms in total. The number of hydrogen-bond acceptors (Lipinski definition) is 3. The Labute approximate surface area is 153 Å². The van der Waals surface area contributed by atoms with Gasteiger partial charge in [-0.15, -0.1) is 0 Å². The van der Waals surface area contributed by atoms with E-state index in [0.29, 0.717) is 13.0 Å². The Morgan fingerprint density at radius 1 is 1.12 bits per heavy atom. The number of halogens is 2. The average Bonchev–Trinajstić information content (AvgIpc) is 2.97. The van der Waals surface area contributed by atoms with E-state index >= 15 is 0 Å². The molecule has 144 valence electrons. The lowest BCUT2D eigenvalue weighted by atomic mass is 10.1. The van der Waals surface area contributed by atoms with Gasteiger partial charge in [0.2, 0.25) is 0 Å². The lowest BCUT2D eigenvalue weighted by molar-refractivity contribution is -0.138. The van der Waals surface area contributed by atoms with Crippen molar-refractivity contribution in [1.29, 1.82) is 0 Å². The molecule has 1 aromatic heterocycles. The zero-order chi connectivity index (χ0) is 19.8. The van der Waals surface area contributed by atoms with Crippen LogP contribution < -0.4 is 0 Å². The fourth-order valence-corrected chi connectivity index (χ4v) is 1.80. The Kier molecular flexibility index (Phi) is 20.1. The van der Waals surface area contributed by atoms with Gasteiger partial charge in [0.15, 0.2) is 16.8 Å². The van der Waals surface area contributed by atoms with Crippen LogP contribution in [0.5, 0.6) is 0 Å². The van der Waals surface area contributed by atoms with Crippen LogP contribution >= 0.6 is 11.6 Å². The van der Waals surface area contributed by atoms with Crippen molar-refractivity contribution in [2.75, 3.05) is 6.61 Å². The van der Waals surface area contributed by atoms with Gasteiger partial charge >= 0.3 is 0 Å². The summed E-state index contributed by atoms with van der Waals surface area (Å²) in [6.07, 6.45) is 2.07. The summed E-state index contributed by atoms with van der Waals surface area (Å²) in [5.74, 6) is -1.05. The molecule has 0 unspecified atom stereocenters. The first-order chi connectivity index (χ1) is 11.5. The Morgan fingerprint density at radius 3 is 2.00 bits per heavy atom. The van der Waals surface area contributed by atoms with Crippen molar-refractivity contribution >= 4 is 11.6 Å². The van der Waals surface area contributed by atoms with Crippen molar-refractivity contribution < 1.29 is 13.9 Å². The van der Waals surface area contributed by atoms with Gasteiger partial charge in [-0.05, 0) is 25.5 Å². The zero-order valence-corrected chi connectivity index (χ0v) is 17.9. The van der Waals surface area contributed by atoms with Crippen LogP contribution in [0.4, 0.5) is 4.39 Å². The summed E-state index contributed by atoms with van der Waals surface area (Å²) in [6, 6.07) is 1.38. The van der Waals surface area contributed by atoms with Crippen molar-refractivity contribution in [1.82, 2.24) is 4.98 Å². The molecular formula is C19H37ClFNO2. The molecule has 0 bridgehead atoms. The fraction of sp³-hybridized carbons (Fsp3) is 0.737. The van der Waals surface area contributed by atoms with E-state index in [9.17, 15) is 4.39 Å². The Morgan fingerprint density at radius 2 is 1.62 bits per heavy atom. The molecule has 0 aliphatic carbocycles. The Bertz CT molecular complexity index is 401. The third kappa shape index (κ3) is 11.8. The first-order valence-corrected chi connectivity index (χ1v) is 9.46. The van der Waals surface area contributed by atoms with Crippen LogP contribution in [0.2, 0.25) is 5.15 Å². The lowest BCUT2D eigenvalue weighted by Gasteiger charge is -2.17. The Balaban J connectivity index is -0.000000484. The predicted molar refractivity (Wildman–Crippen MR) is 103 cm³/mol. The van der Waals surface area contributed by atoms with E-state index in [2.05, 4.69) is 4.98 Å².